The maximum atomic E-state index is 12.4. The molecule has 1 aromatic rings. The first-order valence-corrected chi connectivity index (χ1v) is 6.17. The van der Waals surface area contributed by atoms with Gasteiger partial charge in [-0.3, -0.25) is 9.69 Å². The molecule has 4 nitrogen and oxygen atoms in total. The van der Waals surface area contributed by atoms with Crippen molar-refractivity contribution in [1.82, 2.24) is 14.9 Å². The van der Waals surface area contributed by atoms with E-state index in [1.807, 2.05) is 13.8 Å². The Morgan fingerprint density at radius 2 is 1.76 bits per heavy atom. The van der Waals surface area contributed by atoms with Gasteiger partial charge in [0.1, 0.15) is 6.33 Å². The molecule has 0 bridgehead atoms. The number of hydrogen-bond donors (Lipinski definition) is 0. The second-order valence-corrected chi connectivity index (χ2v) is 5.06. The van der Waals surface area contributed by atoms with Crippen LogP contribution < -0.4 is 0 Å². The highest BCUT2D eigenvalue weighted by Crippen LogP contribution is 2.23. The number of carbonyl (C=O) groups excluding carboxylic acids is 1. The Morgan fingerprint density at radius 1 is 1.18 bits per heavy atom. The monoisotopic (exact) mass is 233 g/mol. The molecule has 0 radical (unpaired) electrons. The lowest BCUT2D eigenvalue weighted by Gasteiger charge is -2.39. The number of likely N-dealkylation sites (tertiary alicyclic amines) is 1. The molecule has 1 fully saturated rings. The van der Waals surface area contributed by atoms with E-state index in [0.717, 1.165) is 13.1 Å². The first-order valence-electron chi connectivity index (χ1n) is 6.17. The van der Waals surface area contributed by atoms with E-state index < -0.39 is 5.54 Å². The summed E-state index contributed by atoms with van der Waals surface area (Å²) in [5.41, 5.74) is 0.147. The first kappa shape index (κ1) is 12.2. The fraction of sp³-hybridized carbons (Fsp3) is 0.615. The number of nitrogens with zero attached hydrogens (tertiary/aromatic N) is 3. The lowest BCUT2D eigenvalue weighted by molar-refractivity contribution is 0.0578. The normalized spacial score (nSPS) is 18.0. The molecule has 92 valence electrons. The number of carbonyl (C=O) groups is 1. The molecule has 1 saturated heterocycles. The van der Waals surface area contributed by atoms with Crippen LogP contribution in [0.25, 0.3) is 0 Å². The summed E-state index contributed by atoms with van der Waals surface area (Å²) in [6.07, 6.45) is 8.28. The lowest BCUT2D eigenvalue weighted by atomic mass is 9.90. The van der Waals surface area contributed by atoms with E-state index in [2.05, 4.69) is 14.9 Å². The van der Waals surface area contributed by atoms with E-state index >= 15 is 0 Å². The number of rotatable bonds is 3. The Balaban J connectivity index is 2.17. The summed E-state index contributed by atoms with van der Waals surface area (Å²) in [5.74, 6) is 0.111. The van der Waals surface area contributed by atoms with Crippen LogP contribution in [0.2, 0.25) is 0 Å². The molecule has 0 unspecified atom stereocenters. The third-order valence-electron chi connectivity index (χ3n) is 3.53. The second-order valence-electron chi connectivity index (χ2n) is 5.06. The van der Waals surface area contributed by atoms with Crippen molar-refractivity contribution in [2.24, 2.45) is 0 Å². The van der Waals surface area contributed by atoms with Crippen LogP contribution in [0.15, 0.2) is 18.7 Å². The molecule has 1 aromatic heterocycles. The molecule has 0 aromatic carbocycles. The summed E-state index contributed by atoms with van der Waals surface area (Å²) in [6.45, 7) is 6.00. The van der Waals surface area contributed by atoms with Gasteiger partial charge in [0.25, 0.3) is 0 Å². The highest BCUT2D eigenvalue weighted by Gasteiger charge is 2.35. The predicted octanol–water partition coefficient (Wildman–Crippen LogP) is 1.92. The Morgan fingerprint density at radius 3 is 2.35 bits per heavy atom. The molecule has 1 aliphatic rings. The zero-order chi connectivity index (χ0) is 12.3. The molecule has 0 spiro atoms. The minimum absolute atomic E-state index is 0.111. The molecule has 2 heterocycles. The topological polar surface area (TPSA) is 46.1 Å². The molecule has 0 aliphatic carbocycles. The van der Waals surface area contributed by atoms with Crippen LogP contribution in [0.4, 0.5) is 0 Å². The Labute approximate surface area is 102 Å². The van der Waals surface area contributed by atoms with Gasteiger partial charge >= 0.3 is 0 Å². The van der Waals surface area contributed by atoms with Gasteiger partial charge in [0.05, 0.1) is 11.1 Å². The van der Waals surface area contributed by atoms with Gasteiger partial charge in [-0.25, -0.2) is 9.97 Å². The van der Waals surface area contributed by atoms with E-state index in [1.165, 1.54) is 25.6 Å². The third-order valence-corrected chi connectivity index (χ3v) is 3.53. The van der Waals surface area contributed by atoms with Crippen molar-refractivity contribution in [2.75, 3.05) is 13.1 Å². The Hall–Kier alpha value is -1.29. The molecule has 4 heteroatoms. The fourth-order valence-corrected chi connectivity index (χ4v) is 2.37. The van der Waals surface area contributed by atoms with Crippen molar-refractivity contribution >= 4 is 5.78 Å². The van der Waals surface area contributed by atoms with Crippen LogP contribution in [0.1, 0.15) is 43.5 Å². The van der Waals surface area contributed by atoms with Gasteiger partial charge in [0.2, 0.25) is 0 Å². The van der Waals surface area contributed by atoms with Crippen molar-refractivity contribution in [1.29, 1.82) is 0 Å². The Kier molecular flexibility index (Phi) is 3.52. The first-order chi connectivity index (χ1) is 8.12. The van der Waals surface area contributed by atoms with Crippen molar-refractivity contribution in [3.8, 4) is 0 Å². The van der Waals surface area contributed by atoms with Crippen molar-refractivity contribution in [2.45, 2.75) is 38.6 Å². The molecule has 17 heavy (non-hydrogen) atoms. The molecule has 2 rings (SSSR count). The largest absolute Gasteiger partial charge is 0.292 e. The van der Waals surface area contributed by atoms with Gasteiger partial charge in [-0.15, -0.1) is 0 Å². The SMILES string of the molecule is CC(C)(C(=O)c1cncnc1)N1CCCCC1. The van der Waals surface area contributed by atoms with Crippen LogP contribution in [-0.2, 0) is 0 Å². The van der Waals surface area contributed by atoms with Gasteiger partial charge in [-0.2, -0.15) is 0 Å². The number of piperidine rings is 1. The smallest absolute Gasteiger partial charge is 0.185 e. The summed E-state index contributed by atoms with van der Waals surface area (Å²) in [4.78, 5) is 22.5. The van der Waals surface area contributed by atoms with Gasteiger partial charge in [-0.05, 0) is 39.8 Å². The van der Waals surface area contributed by atoms with Gasteiger partial charge in [0, 0.05) is 12.4 Å². The van der Waals surface area contributed by atoms with Crippen LogP contribution >= 0.6 is 0 Å². The van der Waals surface area contributed by atoms with E-state index in [4.69, 9.17) is 0 Å². The molecule has 0 N–H and O–H groups in total. The van der Waals surface area contributed by atoms with Crippen LogP contribution in [0, 0.1) is 0 Å². The maximum absolute atomic E-state index is 12.4. The van der Waals surface area contributed by atoms with Gasteiger partial charge in [0.15, 0.2) is 5.78 Å². The standard InChI is InChI=1S/C13H19N3O/c1-13(2,16-6-4-3-5-7-16)12(17)11-8-14-10-15-9-11/h8-10H,3-7H2,1-2H3. The zero-order valence-corrected chi connectivity index (χ0v) is 10.5. The average molecular weight is 233 g/mol. The molecule has 1 aliphatic heterocycles. The van der Waals surface area contributed by atoms with Gasteiger partial charge < -0.3 is 0 Å². The van der Waals surface area contributed by atoms with Crippen molar-refractivity contribution in [3.63, 3.8) is 0 Å². The highest BCUT2D eigenvalue weighted by molar-refractivity contribution is 6.02. The van der Waals surface area contributed by atoms with E-state index in [-0.39, 0.29) is 5.78 Å². The fourth-order valence-electron chi connectivity index (χ4n) is 2.37. The molecular formula is C13H19N3O. The summed E-state index contributed by atoms with van der Waals surface area (Å²) in [7, 11) is 0. The minimum atomic E-state index is -0.453. The van der Waals surface area contributed by atoms with E-state index in [1.54, 1.807) is 12.4 Å². The summed E-state index contributed by atoms with van der Waals surface area (Å²) >= 11 is 0. The molecule has 0 atom stereocenters. The highest BCUT2D eigenvalue weighted by atomic mass is 16.1. The minimum Gasteiger partial charge on any atom is -0.292 e. The van der Waals surface area contributed by atoms with Crippen LogP contribution in [0.3, 0.4) is 0 Å². The zero-order valence-electron chi connectivity index (χ0n) is 10.5. The molecule has 0 amide bonds. The maximum Gasteiger partial charge on any atom is 0.185 e. The Bertz CT molecular complexity index is 383. The lowest BCUT2D eigenvalue weighted by Crippen LogP contribution is -2.52. The summed E-state index contributed by atoms with van der Waals surface area (Å²) in [5, 5.41) is 0. The van der Waals surface area contributed by atoms with E-state index in [0.29, 0.717) is 5.56 Å². The molecular weight excluding hydrogens is 214 g/mol. The molecule has 0 saturated carbocycles. The van der Waals surface area contributed by atoms with Crippen molar-refractivity contribution < 1.29 is 4.79 Å². The summed E-state index contributed by atoms with van der Waals surface area (Å²) < 4.78 is 0. The number of ketones is 1. The van der Waals surface area contributed by atoms with Gasteiger partial charge in [-0.1, -0.05) is 6.42 Å². The second kappa shape index (κ2) is 4.92. The quantitative estimate of drug-likeness (QED) is 0.748. The average Bonchev–Trinajstić information content (AvgIpc) is 2.40. The van der Waals surface area contributed by atoms with E-state index in [9.17, 15) is 4.79 Å². The van der Waals surface area contributed by atoms with Crippen LogP contribution in [0.5, 0.6) is 0 Å². The number of hydrogen-bond acceptors (Lipinski definition) is 4. The predicted molar refractivity (Wildman–Crippen MR) is 65.9 cm³/mol. The van der Waals surface area contributed by atoms with Crippen LogP contribution in [-0.4, -0.2) is 39.3 Å². The number of aromatic nitrogens is 2. The third kappa shape index (κ3) is 2.52. The van der Waals surface area contributed by atoms with Crippen molar-refractivity contribution in [3.05, 3.63) is 24.3 Å². The number of Topliss-reactive ketones (excluding diaryl/α,β-unsaturated/α-hetero) is 1. The summed E-state index contributed by atoms with van der Waals surface area (Å²) in [6, 6.07) is 0.